The van der Waals surface area contributed by atoms with E-state index in [0.29, 0.717) is 0 Å². The molecule has 0 aromatic heterocycles. The molecule has 13 heavy (non-hydrogen) atoms. The molecule has 1 aliphatic rings. The van der Waals surface area contributed by atoms with Gasteiger partial charge in [0.15, 0.2) is 0 Å². The van der Waals surface area contributed by atoms with E-state index in [1.54, 1.807) is 0 Å². The third-order valence-electron chi connectivity index (χ3n) is 3.73. The Bertz CT molecular complexity index is 181. The molecule has 0 aromatic rings. The monoisotopic (exact) mass is 197 g/mol. The Balaban J connectivity index is 2.58. The predicted molar refractivity (Wildman–Crippen MR) is 62.6 cm³/mol. The zero-order valence-corrected chi connectivity index (χ0v) is 10.4. The minimum absolute atomic E-state index is 1.12. The lowest BCUT2D eigenvalue weighted by Crippen LogP contribution is -2.52. The zero-order chi connectivity index (χ0) is 9.90. The molecular weight excluding hydrogens is 174 g/mol. The topological polar surface area (TPSA) is 3.24 Å². The molecule has 1 aliphatic heterocycles. The van der Waals surface area contributed by atoms with Crippen molar-refractivity contribution in [1.29, 1.82) is 0 Å². The van der Waals surface area contributed by atoms with Crippen molar-refractivity contribution in [3.8, 4) is 0 Å². The van der Waals surface area contributed by atoms with Crippen LogP contribution in [0, 0.1) is 0 Å². The predicted octanol–water partition coefficient (Wildman–Crippen LogP) is 2.84. The summed E-state index contributed by atoms with van der Waals surface area (Å²) in [5, 5.41) is 1.50. The minimum Gasteiger partial charge on any atom is -0.306 e. The maximum Gasteiger partial charge on any atom is 0.0941 e. The van der Waals surface area contributed by atoms with Crippen LogP contribution in [0.15, 0.2) is 11.8 Å². The van der Waals surface area contributed by atoms with Crippen LogP contribution in [-0.2, 0) is 0 Å². The van der Waals surface area contributed by atoms with Gasteiger partial charge in [-0.3, -0.25) is 0 Å². The van der Waals surface area contributed by atoms with Gasteiger partial charge in [-0.25, -0.2) is 0 Å². The molecule has 1 nitrogen and oxygen atoms in total. The SMILES string of the molecule is C=C(C)[Si](CC)(CC)CN1CCC1. The van der Waals surface area contributed by atoms with Crippen LogP contribution in [0.4, 0.5) is 0 Å². The second-order valence-electron chi connectivity index (χ2n) is 4.40. The van der Waals surface area contributed by atoms with Crippen LogP contribution >= 0.6 is 0 Å². The zero-order valence-electron chi connectivity index (χ0n) is 9.40. The first kappa shape index (κ1) is 11.0. The van der Waals surface area contributed by atoms with E-state index in [9.17, 15) is 0 Å². The van der Waals surface area contributed by atoms with Crippen molar-refractivity contribution in [2.75, 3.05) is 19.3 Å². The van der Waals surface area contributed by atoms with Crippen molar-refractivity contribution < 1.29 is 0 Å². The van der Waals surface area contributed by atoms with Crippen molar-refractivity contribution >= 4 is 8.07 Å². The van der Waals surface area contributed by atoms with Gasteiger partial charge in [-0.05, 0) is 32.6 Å². The van der Waals surface area contributed by atoms with E-state index in [0.717, 1.165) is 0 Å². The number of hydrogen-bond acceptors (Lipinski definition) is 1. The first-order chi connectivity index (χ1) is 6.14. The van der Waals surface area contributed by atoms with E-state index >= 15 is 0 Å². The van der Waals surface area contributed by atoms with Crippen molar-refractivity contribution in [2.45, 2.75) is 39.3 Å². The number of allylic oxidation sites excluding steroid dienone is 1. The summed E-state index contributed by atoms with van der Waals surface area (Å²) in [5.41, 5.74) is 0. The summed E-state index contributed by atoms with van der Waals surface area (Å²) in [5.74, 6) is 0. The third-order valence-corrected chi connectivity index (χ3v) is 9.30. The third kappa shape index (κ3) is 2.23. The van der Waals surface area contributed by atoms with Gasteiger partial charge < -0.3 is 4.90 Å². The molecule has 0 aromatic carbocycles. The fraction of sp³-hybridized carbons (Fsp3) is 0.818. The smallest absolute Gasteiger partial charge is 0.0941 e. The maximum absolute atomic E-state index is 4.22. The number of hydrogen-bond donors (Lipinski definition) is 0. The molecule has 76 valence electrons. The average molecular weight is 197 g/mol. The van der Waals surface area contributed by atoms with Crippen LogP contribution in [0.5, 0.6) is 0 Å². The Kier molecular flexibility index (Phi) is 3.74. The van der Waals surface area contributed by atoms with Crippen LogP contribution in [0.25, 0.3) is 0 Å². The summed E-state index contributed by atoms with van der Waals surface area (Å²) in [6.07, 6.45) is 2.78. The Hall–Kier alpha value is -0.0831. The molecule has 1 rings (SSSR count). The van der Waals surface area contributed by atoms with E-state index in [4.69, 9.17) is 0 Å². The Morgan fingerprint density at radius 1 is 1.31 bits per heavy atom. The largest absolute Gasteiger partial charge is 0.306 e. The van der Waals surface area contributed by atoms with Crippen molar-refractivity contribution in [2.24, 2.45) is 0 Å². The minimum atomic E-state index is -1.12. The molecule has 0 amide bonds. The van der Waals surface area contributed by atoms with Crippen LogP contribution in [0.2, 0.25) is 12.1 Å². The van der Waals surface area contributed by atoms with E-state index in [2.05, 4.69) is 32.3 Å². The molecule has 0 N–H and O–H groups in total. The van der Waals surface area contributed by atoms with E-state index in [1.807, 2.05) is 0 Å². The highest BCUT2D eigenvalue weighted by Gasteiger charge is 2.33. The Morgan fingerprint density at radius 2 is 1.85 bits per heavy atom. The second kappa shape index (κ2) is 4.42. The van der Waals surface area contributed by atoms with Gasteiger partial charge in [0.25, 0.3) is 0 Å². The standard InChI is InChI=1S/C11H23NSi/c1-5-13(6-2,11(3)4)10-12-8-7-9-12/h3,5-10H2,1-2,4H3. The van der Waals surface area contributed by atoms with Crippen LogP contribution in [-0.4, -0.2) is 32.2 Å². The Morgan fingerprint density at radius 3 is 2.08 bits per heavy atom. The van der Waals surface area contributed by atoms with E-state index in [-0.39, 0.29) is 0 Å². The van der Waals surface area contributed by atoms with E-state index < -0.39 is 8.07 Å². The average Bonchev–Trinajstić information content (AvgIpc) is 2.04. The Labute approximate surface area is 83.8 Å². The molecule has 0 bridgehead atoms. The summed E-state index contributed by atoms with van der Waals surface area (Å²) in [7, 11) is -1.12. The van der Waals surface area contributed by atoms with Crippen molar-refractivity contribution in [3.05, 3.63) is 11.8 Å². The number of rotatable bonds is 5. The quantitative estimate of drug-likeness (QED) is 0.613. The number of likely N-dealkylation sites (tertiary alicyclic amines) is 1. The van der Waals surface area contributed by atoms with Crippen molar-refractivity contribution in [1.82, 2.24) is 4.90 Å². The van der Waals surface area contributed by atoms with Gasteiger partial charge in [0.05, 0.1) is 8.07 Å². The fourth-order valence-electron chi connectivity index (χ4n) is 2.18. The highest BCUT2D eigenvalue weighted by atomic mass is 28.3. The molecular formula is C11H23NSi. The summed E-state index contributed by atoms with van der Waals surface area (Å²) in [4.78, 5) is 2.62. The molecule has 1 fully saturated rings. The van der Waals surface area contributed by atoms with E-state index in [1.165, 1.54) is 43.0 Å². The van der Waals surface area contributed by atoms with Gasteiger partial charge >= 0.3 is 0 Å². The molecule has 0 spiro atoms. The van der Waals surface area contributed by atoms with Gasteiger partial charge in [0, 0.05) is 0 Å². The van der Waals surface area contributed by atoms with Gasteiger partial charge in [-0.1, -0.05) is 31.1 Å². The van der Waals surface area contributed by atoms with Gasteiger partial charge in [0.2, 0.25) is 0 Å². The first-order valence-corrected chi connectivity index (χ1v) is 8.15. The highest BCUT2D eigenvalue weighted by molar-refractivity contribution is 6.86. The first-order valence-electron chi connectivity index (χ1n) is 5.53. The maximum atomic E-state index is 4.22. The van der Waals surface area contributed by atoms with Gasteiger partial charge in [-0.15, -0.1) is 6.58 Å². The van der Waals surface area contributed by atoms with Gasteiger partial charge in [-0.2, -0.15) is 0 Å². The van der Waals surface area contributed by atoms with Crippen LogP contribution in [0.1, 0.15) is 27.2 Å². The molecule has 1 saturated heterocycles. The molecule has 0 atom stereocenters. The molecule has 2 heteroatoms. The van der Waals surface area contributed by atoms with Gasteiger partial charge in [0.1, 0.15) is 0 Å². The van der Waals surface area contributed by atoms with Crippen LogP contribution in [0.3, 0.4) is 0 Å². The summed E-state index contributed by atoms with van der Waals surface area (Å²) < 4.78 is 0. The molecule has 0 radical (unpaired) electrons. The molecule has 0 aliphatic carbocycles. The highest BCUT2D eigenvalue weighted by Crippen LogP contribution is 2.25. The lowest BCUT2D eigenvalue weighted by atomic mass is 10.2. The lowest BCUT2D eigenvalue weighted by Gasteiger charge is -2.40. The lowest BCUT2D eigenvalue weighted by molar-refractivity contribution is 0.210. The molecule has 0 saturated carbocycles. The molecule has 0 unspecified atom stereocenters. The normalized spacial score (nSPS) is 18.4. The van der Waals surface area contributed by atoms with Crippen LogP contribution < -0.4 is 0 Å². The van der Waals surface area contributed by atoms with Crippen molar-refractivity contribution in [3.63, 3.8) is 0 Å². The summed E-state index contributed by atoms with van der Waals surface area (Å²) >= 11 is 0. The number of nitrogens with zero attached hydrogens (tertiary/aromatic N) is 1. The molecule has 1 heterocycles. The summed E-state index contributed by atoms with van der Waals surface area (Å²) in [6, 6.07) is 2.74. The summed E-state index contributed by atoms with van der Waals surface area (Å²) in [6.45, 7) is 13.8. The second-order valence-corrected chi connectivity index (χ2v) is 9.54. The fourth-order valence-corrected chi connectivity index (χ4v) is 5.78.